The van der Waals surface area contributed by atoms with Gasteiger partial charge < -0.3 is 10.2 Å². The van der Waals surface area contributed by atoms with E-state index >= 15 is 0 Å². The number of alkyl halides is 3. The molecule has 0 saturated carbocycles. The molecular formula is C31H18F3NO4. The van der Waals surface area contributed by atoms with Crippen LogP contribution in [0.25, 0.3) is 33.0 Å². The summed E-state index contributed by atoms with van der Waals surface area (Å²) >= 11 is 0. The van der Waals surface area contributed by atoms with Gasteiger partial charge in [-0.2, -0.15) is 13.2 Å². The largest absolute Gasteiger partial charge is 0.508 e. The first kappa shape index (κ1) is 24.2. The number of nitrogens with zero attached hydrogens (tertiary/aromatic N) is 1. The summed E-state index contributed by atoms with van der Waals surface area (Å²) < 4.78 is 40.5. The van der Waals surface area contributed by atoms with E-state index in [0.29, 0.717) is 33.0 Å². The summed E-state index contributed by atoms with van der Waals surface area (Å²) in [6, 6.07) is 23.5. The third kappa shape index (κ3) is 3.88. The fraction of sp³-hybridized carbons (Fsp3) is 0.0323. The maximum absolute atomic E-state index is 14.0. The number of benzene rings is 5. The highest BCUT2D eigenvalue weighted by atomic mass is 19.4. The third-order valence-corrected chi connectivity index (χ3v) is 6.79. The molecule has 5 nitrogen and oxygen atoms in total. The van der Waals surface area contributed by atoms with Gasteiger partial charge in [-0.25, -0.2) is 4.90 Å². The van der Waals surface area contributed by atoms with Crippen LogP contribution in [0.1, 0.15) is 26.3 Å². The Balaban J connectivity index is 1.70. The monoisotopic (exact) mass is 525 g/mol. The van der Waals surface area contributed by atoms with E-state index in [0.717, 1.165) is 23.1 Å². The van der Waals surface area contributed by atoms with Gasteiger partial charge in [-0.05, 0) is 64.4 Å². The Morgan fingerprint density at radius 1 is 0.564 bits per heavy atom. The van der Waals surface area contributed by atoms with Gasteiger partial charge in [0.1, 0.15) is 11.5 Å². The zero-order valence-electron chi connectivity index (χ0n) is 20.0. The number of fused-ring (bicyclic) bond motifs is 2. The van der Waals surface area contributed by atoms with Gasteiger partial charge in [0, 0.05) is 11.1 Å². The molecule has 2 amide bonds. The van der Waals surface area contributed by atoms with Gasteiger partial charge in [0.25, 0.3) is 11.8 Å². The van der Waals surface area contributed by atoms with Crippen LogP contribution in [0.5, 0.6) is 11.5 Å². The van der Waals surface area contributed by atoms with Crippen LogP contribution in [0.3, 0.4) is 0 Å². The molecule has 5 aromatic rings. The van der Waals surface area contributed by atoms with Crippen LogP contribution >= 0.6 is 0 Å². The zero-order valence-corrected chi connectivity index (χ0v) is 20.0. The van der Waals surface area contributed by atoms with Crippen molar-refractivity contribution >= 4 is 28.3 Å². The normalized spacial score (nSPS) is 13.3. The number of phenolic OH excluding ortho intramolecular Hbond substituents is 2. The summed E-state index contributed by atoms with van der Waals surface area (Å²) in [5.74, 6) is -1.51. The molecule has 8 heteroatoms. The number of aromatic hydroxyl groups is 2. The molecule has 1 aliphatic rings. The predicted molar refractivity (Wildman–Crippen MR) is 141 cm³/mol. The lowest BCUT2D eigenvalue weighted by Crippen LogP contribution is -2.29. The minimum absolute atomic E-state index is 0.00779. The highest BCUT2D eigenvalue weighted by molar-refractivity contribution is 6.40. The number of hydrogen-bond donors (Lipinski definition) is 2. The summed E-state index contributed by atoms with van der Waals surface area (Å²) in [4.78, 5) is 28.9. The number of halogens is 3. The second-order valence-corrected chi connectivity index (χ2v) is 9.13. The summed E-state index contributed by atoms with van der Waals surface area (Å²) in [5, 5.41) is 21.0. The average molecular weight is 525 g/mol. The first-order valence-electron chi connectivity index (χ1n) is 11.9. The quantitative estimate of drug-likeness (QED) is 0.241. The fourth-order valence-electron chi connectivity index (χ4n) is 5.09. The number of anilines is 1. The number of carbonyl (C=O) groups excluding carboxylic acids is 2. The van der Waals surface area contributed by atoms with Crippen LogP contribution in [0.2, 0.25) is 0 Å². The molecule has 0 bridgehead atoms. The Hall–Kier alpha value is -5.11. The number of rotatable bonds is 3. The van der Waals surface area contributed by atoms with E-state index in [1.807, 2.05) is 0 Å². The highest BCUT2D eigenvalue weighted by Gasteiger charge is 2.43. The topological polar surface area (TPSA) is 77.8 Å². The molecule has 0 saturated heterocycles. The van der Waals surface area contributed by atoms with Gasteiger partial charge in [-0.1, -0.05) is 54.6 Å². The Morgan fingerprint density at radius 2 is 1.03 bits per heavy atom. The van der Waals surface area contributed by atoms with Crippen LogP contribution in [0.4, 0.5) is 18.9 Å². The van der Waals surface area contributed by atoms with E-state index in [-0.39, 0.29) is 28.3 Å². The molecule has 0 atom stereocenters. The van der Waals surface area contributed by atoms with E-state index < -0.39 is 23.6 Å². The molecule has 6 rings (SSSR count). The first-order chi connectivity index (χ1) is 18.6. The minimum atomic E-state index is -4.67. The number of carbonyl (C=O) groups is 2. The molecule has 0 aromatic heterocycles. The lowest BCUT2D eigenvalue weighted by molar-refractivity contribution is -0.137. The molecule has 192 valence electrons. The Bertz CT molecular complexity index is 1690. The summed E-state index contributed by atoms with van der Waals surface area (Å²) in [6.45, 7) is 0. The summed E-state index contributed by atoms with van der Waals surface area (Å²) in [5.41, 5.74) is 0.850. The molecule has 5 aromatic carbocycles. The second-order valence-electron chi connectivity index (χ2n) is 9.13. The van der Waals surface area contributed by atoms with Crippen molar-refractivity contribution in [3.05, 3.63) is 114 Å². The van der Waals surface area contributed by atoms with Crippen molar-refractivity contribution in [2.75, 3.05) is 4.90 Å². The standard InChI is InChI=1S/C31H18F3NO4/c32-31(33,34)19-4-3-5-20(16-19)35-29(38)27-25(17-8-12-21(36)13-9-17)23-6-1-2-7-24(23)26(28(27)30(35)39)18-10-14-22(37)15-11-18/h1-16,36-37H. The van der Waals surface area contributed by atoms with Gasteiger partial charge in [-0.15, -0.1) is 0 Å². The van der Waals surface area contributed by atoms with Crippen LogP contribution in [0, 0.1) is 0 Å². The fourth-order valence-corrected chi connectivity index (χ4v) is 5.09. The number of hydrogen-bond acceptors (Lipinski definition) is 4. The van der Waals surface area contributed by atoms with E-state index in [1.165, 1.54) is 30.3 Å². The molecular weight excluding hydrogens is 507 g/mol. The van der Waals surface area contributed by atoms with Gasteiger partial charge in [0.2, 0.25) is 0 Å². The van der Waals surface area contributed by atoms with Crippen molar-refractivity contribution in [1.82, 2.24) is 0 Å². The van der Waals surface area contributed by atoms with Crippen molar-refractivity contribution < 1.29 is 33.0 Å². The van der Waals surface area contributed by atoms with E-state index in [4.69, 9.17) is 0 Å². The van der Waals surface area contributed by atoms with Gasteiger partial charge in [0.05, 0.1) is 22.4 Å². The molecule has 1 heterocycles. The number of amides is 2. The van der Waals surface area contributed by atoms with Crippen LogP contribution in [-0.2, 0) is 6.18 Å². The molecule has 39 heavy (non-hydrogen) atoms. The predicted octanol–water partition coefficient (Wildman–Crippen LogP) is 7.40. The van der Waals surface area contributed by atoms with Gasteiger partial charge in [0.15, 0.2) is 0 Å². The number of imide groups is 1. The Kier molecular flexibility index (Phi) is 5.43. The Labute approximate surface area is 220 Å². The van der Waals surface area contributed by atoms with Crippen LogP contribution in [0.15, 0.2) is 97.1 Å². The lowest BCUT2D eigenvalue weighted by atomic mass is 9.84. The van der Waals surface area contributed by atoms with Crippen LogP contribution < -0.4 is 4.90 Å². The average Bonchev–Trinajstić information content (AvgIpc) is 3.18. The molecule has 0 unspecified atom stereocenters. The van der Waals surface area contributed by atoms with E-state index in [2.05, 4.69) is 0 Å². The molecule has 0 aliphatic carbocycles. The first-order valence-corrected chi connectivity index (χ1v) is 11.9. The maximum atomic E-state index is 14.0. The number of phenols is 2. The van der Waals surface area contributed by atoms with E-state index in [1.54, 1.807) is 48.5 Å². The van der Waals surface area contributed by atoms with Crippen molar-refractivity contribution in [3.8, 4) is 33.8 Å². The summed E-state index contributed by atoms with van der Waals surface area (Å²) in [7, 11) is 0. The van der Waals surface area contributed by atoms with Crippen molar-refractivity contribution in [3.63, 3.8) is 0 Å². The van der Waals surface area contributed by atoms with Crippen molar-refractivity contribution in [2.45, 2.75) is 6.18 Å². The molecule has 2 N–H and O–H groups in total. The lowest BCUT2D eigenvalue weighted by Gasteiger charge is -2.17. The molecule has 1 aliphatic heterocycles. The van der Waals surface area contributed by atoms with Crippen molar-refractivity contribution in [1.29, 1.82) is 0 Å². The second kappa shape index (κ2) is 8.73. The smallest absolute Gasteiger partial charge is 0.416 e. The zero-order chi connectivity index (χ0) is 27.5. The third-order valence-electron chi connectivity index (χ3n) is 6.79. The molecule has 0 radical (unpaired) electrons. The molecule has 0 spiro atoms. The van der Waals surface area contributed by atoms with Crippen LogP contribution in [-0.4, -0.2) is 22.0 Å². The highest BCUT2D eigenvalue weighted by Crippen LogP contribution is 2.47. The van der Waals surface area contributed by atoms with Gasteiger partial charge >= 0.3 is 6.18 Å². The minimum Gasteiger partial charge on any atom is -0.508 e. The Morgan fingerprint density at radius 3 is 1.46 bits per heavy atom. The maximum Gasteiger partial charge on any atom is 0.416 e. The SMILES string of the molecule is O=C1c2c(c(-c3ccc(O)cc3)c3ccccc3c2-c2ccc(O)cc2)C(=O)N1c1cccc(C(F)(F)F)c1. The van der Waals surface area contributed by atoms with E-state index in [9.17, 15) is 33.0 Å². The molecule has 0 fully saturated rings. The van der Waals surface area contributed by atoms with Gasteiger partial charge in [-0.3, -0.25) is 9.59 Å². The van der Waals surface area contributed by atoms with Crippen molar-refractivity contribution in [2.24, 2.45) is 0 Å². The summed E-state index contributed by atoms with van der Waals surface area (Å²) in [6.07, 6.45) is -4.67.